The van der Waals surface area contributed by atoms with E-state index in [0.29, 0.717) is 6.04 Å². The summed E-state index contributed by atoms with van der Waals surface area (Å²) < 4.78 is 1.88. The van der Waals surface area contributed by atoms with E-state index in [1.165, 1.54) is 24.8 Å². The molecule has 0 saturated heterocycles. The van der Waals surface area contributed by atoms with Gasteiger partial charge in [0.15, 0.2) is 0 Å². The predicted octanol–water partition coefficient (Wildman–Crippen LogP) is 3.18. The minimum atomic E-state index is 0.639. The summed E-state index contributed by atoms with van der Waals surface area (Å²) in [7, 11) is 1.97. The van der Waals surface area contributed by atoms with E-state index < -0.39 is 0 Å². The van der Waals surface area contributed by atoms with Crippen LogP contribution in [0, 0.1) is 5.92 Å². The first-order chi connectivity index (χ1) is 11.8. The number of aryl methyl sites for hydroxylation is 2. The maximum absolute atomic E-state index is 4.22. The van der Waals surface area contributed by atoms with E-state index in [0.717, 1.165) is 29.4 Å². The van der Waals surface area contributed by atoms with E-state index in [-0.39, 0.29) is 0 Å². The van der Waals surface area contributed by atoms with Crippen molar-refractivity contribution in [3.8, 4) is 0 Å². The van der Waals surface area contributed by atoms with Crippen LogP contribution in [-0.4, -0.2) is 21.0 Å². The van der Waals surface area contributed by atoms with Crippen LogP contribution in [0.15, 0.2) is 42.5 Å². The summed E-state index contributed by atoms with van der Waals surface area (Å²) in [5.74, 6) is 1.56. The highest BCUT2D eigenvalue weighted by Crippen LogP contribution is 2.49. The lowest BCUT2D eigenvalue weighted by atomic mass is 9.60. The van der Waals surface area contributed by atoms with Crippen molar-refractivity contribution >= 4 is 11.0 Å². The van der Waals surface area contributed by atoms with Gasteiger partial charge in [0, 0.05) is 19.6 Å². The van der Waals surface area contributed by atoms with E-state index in [9.17, 15) is 0 Å². The van der Waals surface area contributed by atoms with E-state index in [1.54, 1.807) is 11.1 Å². The molecule has 0 radical (unpaired) electrons. The quantitative estimate of drug-likeness (QED) is 0.806. The SMILES string of the molecule is Cn1nnc2cccc(CNC3CC4c5ccccc5CCC34)c21. The van der Waals surface area contributed by atoms with Gasteiger partial charge in [-0.1, -0.05) is 41.6 Å². The first-order valence-electron chi connectivity index (χ1n) is 8.90. The van der Waals surface area contributed by atoms with Crippen LogP contribution in [0.1, 0.15) is 35.4 Å². The molecule has 3 unspecified atom stereocenters. The molecule has 24 heavy (non-hydrogen) atoms. The van der Waals surface area contributed by atoms with Crippen molar-refractivity contribution < 1.29 is 0 Å². The molecule has 3 aromatic rings. The summed E-state index contributed by atoms with van der Waals surface area (Å²) in [6.07, 6.45) is 3.81. The van der Waals surface area contributed by atoms with Crippen LogP contribution in [-0.2, 0) is 20.0 Å². The van der Waals surface area contributed by atoms with Crippen molar-refractivity contribution in [3.05, 3.63) is 59.2 Å². The molecule has 0 spiro atoms. The number of hydrogen-bond donors (Lipinski definition) is 1. The molecule has 0 bridgehead atoms. The Morgan fingerprint density at radius 3 is 3.04 bits per heavy atom. The lowest BCUT2D eigenvalue weighted by Crippen LogP contribution is -2.50. The van der Waals surface area contributed by atoms with Crippen molar-refractivity contribution in [2.45, 2.75) is 37.8 Å². The van der Waals surface area contributed by atoms with Crippen LogP contribution in [0.2, 0.25) is 0 Å². The van der Waals surface area contributed by atoms with Gasteiger partial charge in [-0.15, -0.1) is 5.10 Å². The zero-order valence-electron chi connectivity index (χ0n) is 13.9. The maximum atomic E-state index is 4.22. The second-order valence-electron chi connectivity index (χ2n) is 7.23. The van der Waals surface area contributed by atoms with Gasteiger partial charge in [0.25, 0.3) is 0 Å². The Hall–Kier alpha value is -2.20. The summed E-state index contributed by atoms with van der Waals surface area (Å²) in [6.45, 7) is 0.897. The van der Waals surface area contributed by atoms with E-state index in [1.807, 2.05) is 17.8 Å². The normalized spacial score (nSPS) is 25.1. The third-order valence-corrected chi connectivity index (χ3v) is 6.01. The fraction of sp³-hybridized carbons (Fsp3) is 0.400. The fourth-order valence-corrected chi connectivity index (χ4v) is 4.72. The summed E-state index contributed by atoms with van der Waals surface area (Å²) in [4.78, 5) is 0. The van der Waals surface area contributed by atoms with Crippen molar-refractivity contribution in [2.75, 3.05) is 0 Å². The topological polar surface area (TPSA) is 42.7 Å². The monoisotopic (exact) mass is 318 g/mol. The third-order valence-electron chi connectivity index (χ3n) is 6.01. The van der Waals surface area contributed by atoms with Gasteiger partial charge in [0.05, 0.1) is 5.52 Å². The summed E-state index contributed by atoms with van der Waals surface area (Å²) in [6, 6.07) is 15.9. The fourth-order valence-electron chi connectivity index (χ4n) is 4.72. The average molecular weight is 318 g/mol. The number of nitrogens with zero attached hydrogens (tertiary/aromatic N) is 3. The van der Waals surface area contributed by atoms with Gasteiger partial charge in [0.2, 0.25) is 0 Å². The first kappa shape index (κ1) is 14.2. The molecule has 4 heteroatoms. The van der Waals surface area contributed by atoms with Crippen LogP contribution in [0.25, 0.3) is 11.0 Å². The van der Waals surface area contributed by atoms with Crippen LogP contribution in [0.5, 0.6) is 0 Å². The van der Waals surface area contributed by atoms with Gasteiger partial charge in [-0.2, -0.15) is 0 Å². The lowest BCUT2D eigenvalue weighted by molar-refractivity contribution is 0.143. The molecule has 1 N–H and O–H groups in total. The predicted molar refractivity (Wildman–Crippen MR) is 94.7 cm³/mol. The smallest absolute Gasteiger partial charge is 0.113 e. The molecule has 1 saturated carbocycles. The molecule has 122 valence electrons. The first-order valence-corrected chi connectivity index (χ1v) is 8.90. The molecule has 2 aromatic carbocycles. The number of para-hydroxylation sites is 1. The van der Waals surface area contributed by atoms with E-state index >= 15 is 0 Å². The minimum Gasteiger partial charge on any atom is -0.310 e. The minimum absolute atomic E-state index is 0.639. The molecule has 1 heterocycles. The summed E-state index contributed by atoms with van der Waals surface area (Å²) in [5, 5.41) is 12.2. The van der Waals surface area contributed by atoms with Crippen LogP contribution in [0.3, 0.4) is 0 Å². The highest BCUT2D eigenvalue weighted by atomic mass is 15.4. The number of nitrogens with one attached hydrogen (secondary N) is 1. The highest BCUT2D eigenvalue weighted by molar-refractivity contribution is 5.77. The van der Waals surface area contributed by atoms with Crippen molar-refractivity contribution in [1.82, 2.24) is 20.3 Å². The number of benzene rings is 2. The second-order valence-corrected chi connectivity index (χ2v) is 7.23. The molecule has 3 atom stereocenters. The van der Waals surface area contributed by atoms with Crippen molar-refractivity contribution in [2.24, 2.45) is 13.0 Å². The molecule has 5 rings (SSSR count). The summed E-state index contributed by atoms with van der Waals surface area (Å²) in [5.41, 5.74) is 6.59. The van der Waals surface area contributed by atoms with Crippen LogP contribution >= 0.6 is 0 Å². The Morgan fingerprint density at radius 2 is 2.08 bits per heavy atom. The molecular weight excluding hydrogens is 296 g/mol. The Kier molecular flexibility index (Phi) is 3.20. The lowest BCUT2D eigenvalue weighted by Gasteiger charge is -2.49. The Bertz CT molecular complexity index is 898. The van der Waals surface area contributed by atoms with Crippen LogP contribution < -0.4 is 5.32 Å². The maximum Gasteiger partial charge on any atom is 0.113 e. The van der Waals surface area contributed by atoms with Gasteiger partial charge < -0.3 is 5.32 Å². The molecule has 0 amide bonds. The largest absolute Gasteiger partial charge is 0.310 e. The average Bonchev–Trinajstić information content (AvgIpc) is 2.97. The van der Waals surface area contributed by atoms with Crippen LogP contribution in [0.4, 0.5) is 0 Å². The molecule has 1 aromatic heterocycles. The Morgan fingerprint density at radius 1 is 1.17 bits per heavy atom. The highest BCUT2D eigenvalue weighted by Gasteiger charge is 2.43. The van der Waals surface area contributed by atoms with Gasteiger partial charge in [-0.05, 0) is 53.9 Å². The van der Waals surface area contributed by atoms with Gasteiger partial charge in [-0.25, -0.2) is 4.68 Å². The molecule has 2 aliphatic rings. The number of aromatic nitrogens is 3. The van der Waals surface area contributed by atoms with Crippen molar-refractivity contribution in [1.29, 1.82) is 0 Å². The molecule has 4 nitrogen and oxygen atoms in total. The van der Waals surface area contributed by atoms with Gasteiger partial charge in [0.1, 0.15) is 5.52 Å². The zero-order chi connectivity index (χ0) is 16.1. The molecule has 1 fully saturated rings. The van der Waals surface area contributed by atoms with E-state index in [4.69, 9.17) is 0 Å². The van der Waals surface area contributed by atoms with E-state index in [2.05, 4.69) is 52.0 Å². The molecule has 2 aliphatic carbocycles. The van der Waals surface area contributed by atoms with Gasteiger partial charge in [-0.3, -0.25) is 0 Å². The summed E-state index contributed by atoms with van der Waals surface area (Å²) >= 11 is 0. The Labute approximate surface area is 141 Å². The zero-order valence-corrected chi connectivity index (χ0v) is 13.9. The number of hydrogen-bond acceptors (Lipinski definition) is 3. The number of rotatable bonds is 3. The standard InChI is InChI=1S/C20H22N4/c1-24-20-14(6-4-8-18(20)22-23-24)12-21-19-11-17-15-7-3-2-5-13(15)9-10-16(17)19/h2-8,16-17,19,21H,9-12H2,1H3. The van der Waals surface area contributed by atoms with Gasteiger partial charge >= 0.3 is 0 Å². The van der Waals surface area contributed by atoms with Crippen molar-refractivity contribution in [3.63, 3.8) is 0 Å². The second kappa shape index (κ2) is 5.42. The number of fused-ring (bicyclic) bond motifs is 4. The molecule has 0 aliphatic heterocycles. The third kappa shape index (κ3) is 2.09. The Balaban J connectivity index is 1.32. The molecular formula is C20H22N4.